The highest BCUT2D eigenvalue weighted by molar-refractivity contribution is 7.92. The first-order valence-corrected chi connectivity index (χ1v) is 10.5. The quantitative estimate of drug-likeness (QED) is 0.737. The van der Waals surface area contributed by atoms with Crippen LogP contribution in [0.3, 0.4) is 0 Å². The number of carbonyl (C=O) groups excluding carboxylic acids is 1. The fraction of sp³-hybridized carbons (Fsp3) is 0.235. The van der Waals surface area contributed by atoms with Crippen LogP contribution in [-0.2, 0) is 14.8 Å². The summed E-state index contributed by atoms with van der Waals surface area (Å²) in [5.74, 6) is -0.579. The van der Waals surface area contributed by atoms with Gasteiger partial charge >= 0.3 is 0 Å². The lowest BCUT2D eigenvalue weighted by molar-refractivity contribution is -0.116. The highest BCUT2D eigenvalue weighted by Gasteiger charge is 2.31. The average Bonchev–Trinajstić information content (AvgIpc) is 2.53. The molecule has 9 heteroatoms. The Morgan fingerprint density at radius 3 is 2.23 bits per heavy atom. The molecule has 2 aromatic rings. The van der Waals surface area contributed by atoms with Crippen molar-refractivity contribution in [1.82, 2.24) is 0 Å². The molecule has 0 aromatic heterocycles. The molecule has 0 saturated heterocycles. The number of rotatable bonds is 5. The Balaban J connectivity index is 2.43. The Morgan fingerprint density at radius 2 is 1.69 bits per heavy atom. The molecule has 0 bridgehead atoms. The number of anilines is 2. The zero-order chi connectivity index (χ0) is 19.6. The van der Waals surface area contributed by atoms with Crippen molar-refractivity contribution in [1.29, 1.82) is 0 Å². The molecule has 5 nitrogen and oxygen atoms in total. The van der Waals surface area contributed by atoms with E-state index in [0.717, 1.165) is 10.6 Å². The summed E-state index contributed by atoms with van der Waals surface area (Å²) in [6.07, 6.45) is 1.03. The van der Waals surface area contributed by atoms with Crippen molar-refractivity contribution < 1.29 is 13.2 Å². The van der Waals surface area contributed by atoms with E-state index in [4.69, 9.17) is 34.8 Å². The average molecular weight is 436 g/mol. The lowest BCUT2D eigenvalue weighted by atomic mass is 10.1. The Morgan fingerprint density at radius 1 is 1.12 bits per heavy atom. The van der Waals surface area contributed by atoms with Crippen molar-refractivity contribution in [2.45, 2.75) is 19.9 Å². The van der Waals surface area contributed by atoms with Crippen LogP contribution in [0.5, 0.6) is 0 Å². The summed E-state index contributed by atoms with van der Waals surface area (Å²) in [5, 5.41) is 3.46. The van der Waals surface area contributed by atoms with E-state index in [1.54, 1.807) is 37.3 Å². The van der Waals surface area contributed by atoms with Gasteiger partial charge in [-0.2, -0.15) is 0 Å². The van der Waals surface area contributed by atoms with Gasteiger partial charge < -0.3 is 5.32 Å². The Kier molecular flexibility index (Phi) is 6.45. The number of hydrogen-bond donors (Lipinski definition) is 1. The third-order valence-corrected chi connectivity index (χ3v) is 5.80. The van der Waals surface area contributed by atoms with Crippen LogP contribution >= 0.6 is 34.8 Å². The zero-order valence-electron chi connectivity index (χ0n) is 14.3. The molecule has 0 heterocycles. The molecule has 0 fully saturated rings. The van der Waals surface area contributed by atoms with Crippen molar-refractivity contribution >= 4 is 62.1 Å². The van der Waals surface area contributed by atoms with Crippen molar-refractivity contribution in [3.05, 3.63) is 57.0 Å². The van der Waals surface area contributed by atoms with Crippen LogP contribution in [0.25, 0.3) is 0 Å². The number of para-hydroxylation sites is 1. The van der Waals surface area contributed by atoms with Crippen molar-refractivity contribution in [2.24, 2.45) is 0 Å². The minimum absolute atomic E-state index is 0.226. The fourth-order valence-corrected chi connectivity index (χ4v) is 4.33. The van der Waals surface area contributed by atoms with E-state index in [0.29, 0.717) is 16.3 Å². The van der Waals surface area contributed by atoms with E-state index in [9.17, 15) is 13.2 Å². The maximum Gasteiger partial charge on any atom is 0.248 e. The number of hydrogen-bond acceptors (Lipinski definition) is 3. The molecule has 1 amide bonds. The van der Waals surface area contributed by atoms with E-state index in [1.807, 2.05) is 0 Å². The second-order valence-corrected chi connectivity index (χ2v) is 8.86. The van der Waals surface area contributed by atoms with Gasteiger partial charge in [0.15, 0.2) is 0 Å². The molecule has 1 N–H and O–H groups in total. The van der Waals surface area contributed by atoms with Crippen LogP contribution in [0.1, 0.15) is 12.5 Å². The van der Waals surface area contributed by atoms with Crippen LogP contribution in [0.15, 0.2) is 36.4 Å². The number of sulfonamides is 1. The van der Waals surface area contributed by atoms with Gasteiger partial charge in [0.1, 0.15) is 6.04 Å². The molecule has 26 heavy (non-hydrogen) atoms. The number of aryl methyl sites for hydroxylation is 1. The third-order valence-electron chi connectivity index (χ3n) is 3.71. The van der Waals surface area contributed by atoms with Gasteiger partial charge in [-0.05, 0) is 43.7 Å². The van der Waals surface area contributed by atoms with Gasteiger partial charge in [-0.25, -0.2) is 8.42 Å². The molecule has 2 rings (SSSR count). The second kappa shape index (κ2) is 8.05. The zero-order valence-corrected chi connectivity index (χ0v) is 17.3. The maximum absolute atomic E-state index is 12.7. The van der Waals surface area contributed by atoms with Crippen molar-refractivity contribution in [3.8, 4) is 0 Å². The monoisotopic (exact) mass is 434 g/mol. The third kappa shape index (κ3) is 4.62. The van der Waals surface area contributed by atoms with Gasteiger partial charge in [-0.3, -0.25) is 9.10 Å². The van der Waals surface area contributed by atoms with E-state index in [-0.39, 0.29) is 15.7 Å². The molecule has 0 radical (unpaired) electrons. The number of amides is 1. The van der Waals surface area contributed by atoms with E-state index in [1.165, 1.54) is 13.0 Å². The van der Waals surface area contributed by atoms with E-state index >= 15 is 0 Å². The Hall–Kier alpha value is -1.47. The maximum atomic E-state index is 12.7. The molecule has 0 spiro atoms. The molecule has 140 valence electrons. The van der Waals surface area contributed by atoms with Crippen LogP contribution in [0.4, 0.5) is 11.4 Å². The molecule has 2 aromatic carbocycles. The Bertz CT molecular complexity index is 928. The topological polar surface area (TPSA) is 66.5 Å². The molecule has 0 unspecified atom stereocenters. The van der Waals surface area contributed by atoms with Crippen molar-refractivity contribution in [3.63, 3.8) is 0 Å². The summed E-state index contributed by atoms with van der Waals surface area (Å²) in [7, 11) is -3.77. The SMILES string of the molecule is Cc1ccc(Cl)cc1N([C@@H](C)C(=O)Nc1c(Cl)cccc1Cl)S(C)(=O)=O. The van der Waals surface area contributed by atoms with Gasteiger partial charge in [0.2, 0.25) is 15.9 Å². The molecule has 0 aliphatic heterocycles. The highest BCUT2D eigenvalue weighted by Crippen LogP contribution is 2.32. The number of nitrogens with one attached hydrogen (secondary N) is 1. The molecule has 0 aliphatic rings. The molecular formula is C17H17Cl3N2O3S. The van der Waals surface area contributed by atoms with E-state index < -0.39 is 22.0 Å². The predicted molar refractivity (Wildman–Crippen MR) is 108 cm³/mol. The predicted octanol–water partition coefficient (Wildman–Crippen LogP) is 4.75. The minimum atomic E-state index is -3.77. The molecule has 0 saturated carbocycles. The normalized spacial score (nSPS) is 12.5. The van der Waals surface area contributed by atoms with Crippen LogP contribution in [0.2, 0.25) is 15.1 Å². The first-order chi connectivity index (χ1) is 12.0. The standard InChI is InChI=1S/C17H17Cl3N2O3S/c1-10-7-8-12(18)9-15(10)22(26(3,24)25)11(2)17(23)21-16-13(19)5-4-6-14(16)20/h4-9,11H,1-3H3,(H,21,23)/t11-/m0/s1. The summed E-state index contributed by atoms with van der Waals surface area (Å²) in [6, 6.07) is 8.56. The summed E-state index contributed by atoms with van der Waals surface area (Å²) in [5.41, 5.74) is 1.21. The molecule has 1 atom stereocenters. The van der Waals surface area contributed by atoms with Crippen molar-refractivity contribution in [2.75, 3.05) is 15.9 Å². The van der Waals surface area contributed by atoms with Crippen LogP contribution < -0.4 is 9.62 Å². The second-order valence-electron chi connectivity index (χ2n) is 5.75. The summed E-state index contributed by atoms with van der Waals surface area (Å²) < 4.78 is 25.8. The summed E-state index contributed by atoms with van der Waals surface area (Å²) in [6.45, 7) is 3.21. The highest BCUT2D eigenvalue weighted by atomic mass is 35.5. The fourth-order valence-electron chi connectivity index (χ4n) is 2.45. The van der Waals surface area contributed by atoms with Gasteiger partial charge in [0.25, 0.3) is 0 Å². The lowest BCUT2D eigenvalue weighted by Crippen LogP contribution is -2.45. The Labute approximate surface area is 167 Å². The largest absolute Gasteiger partial charge is 0.322 e. The first kappa shape index (κ1) is 20.8. The number of benzene rings is 2. The molecule has 0 aliphatic carbocycles. The number of nitrogens with zero attached hydrogens (tertiary/aromatic N) is 1. The van der Waals surface area contributed by atoms with Crippen LogP contribution in [-0.4, -0.2) is 26.6 Å². The lowest BCUT2D eigenvalue weighted by Gasteiger charge is -2.29. The van der Waals surface area contributed by atoms with Gasteiger partial charge in [0, 0.05) is 5.02 Å². The molecular weight excluding hydrogens is 419 g/mol. The number of halogens is 3. The van der Waals surface area contributed by atoms with E-state index in [2.05, 4.69) is 5.32 Å². The smallest absolute Gasteiger partial charge is 0.248 e. The summed E-state index contributed by atoms with van der Waals surface area (Å²) >= 11 is 18.1. The van der Waals surface area contributed by atoms with Crippen LogP contribution in [0, 0.1) is 6.92 Å². The minimum Gasteiger partial charge on any atom is -0.322 e. The summed E-state index contributed by atoms with van der Waals surface area (Å²) in [4.78, 5) is 12.7. The van der Waals surface area contributed by atoms with Gasteiger partial charge in [-0.1, -0.05) is 46.9 Å². The van der Waals surface area contributed by atoms with Gasteiger partial charge in [-0.15, -0.1) is 0 Å². The number of carbonyl (C=O) groups is 1. The first-order valence-electron chi connectivity index (χ1n) is 7.53. The van der Waals surface area contributed by atoms with Gasteiger partial charge in [0.05, 0.1) is 27.7 Å².